The lowest BCUT2D eigenvalue weighted by Crippen LogP contribution is -2.25. The van der Waals surface area contributed by atoms with Crippen molar-refractivity contribution < 1.29 is 44.4 Å². The molecule has 2 aliphatic heterocycles. The second-order valence-corrected chi connectivity index (χ2v) is 8.02. The molecule has 29 heavy (non-hydrogen) atoms. The zero-order chi connectivity index (χ0) is 21.0. The van der Waals surface area contributed by atoms with Crippen LogP contribution in [0.2, 0.25) is 0 Å². The molecule has 1 aromatic carbocycles. The maximum absolute atomic E-state index is 14.9. The first-order valence-corrected chi connectivity index (χ1v) is 9.79. The lowest BCUT2D eigenvalue weighted by molar-refractivity contribution is -0.137. The van der Waals surface area contributed by atoms with Crippen molar-refractivity contribution in [3.05, 3.63) is 52.2 Å². The van der Waals surface area contributed by atoms with Crippen LogP contribution in [-0.4, -0.2) is 26.5 Å². The van der Waals surface area contributed by atoms with Gasteiger partial charge in [0.25, 0.3) is 0 Å². The Labute approximate surface area is 162 Å². The Morgan fingerprint density at radius 1 is 1.17 bits per heavy atom. The molecule has 3 aliphatic rings. The number of ether oxygens (including phenoxy) is 2. The fourth-order valence-corrected chi connectivity index (χ4v) is 3.77. The predicted octanol–water partition coefficient (Wildman–Crippen LogP) is 3.59. The average molecular weight is 432 g/mol. The molecule has 4 rings (SSSR count). The Morgan fingerprint density at radius 3 is 2.66 bits per heavy atom. The van der Waals surface area contributed by atoms with E-state index in [0.29, 0.717) is 25.0 Å². The minimum atomic E-state index is -5.98. The van der Waals surface area contributed by atoms with E-state index in [2.05, 4.69) is 4.18 Å². The molecule has 154 valence electrons. The zero-order valence-corrected chi connectivity index (χ0v) is 15.3. The summed E-state index contributed by atoms with van der Waals surface area (Å²) in [5, 5.41) is 0. The van der Waals surface area contributed by atoms with Crippen LogP contribution in [0.3, 0.4) is 0 Å². The van der Waals surface area contributed by atoms with Crippen LogP contribution in [0.15, 0.2) is 29.7 Å². The molecule has 11 heteroatoms. The van der Waals surface area contributed by atoms with Crippen LogP contribution in [-0.2, 0) is 30.3 Å². The van der Waals surface area contributed by atoms with Crippen LogP contribution in [0.25, 0.3) is 11.6 Å². The summed E-state index contributed by atoms with van der Waals surface area (Å²) in [6, 6.07) is 1.24. The summed E-state index contributed by atoms with van der Waals surface area (Å²) in [7, 11) is -5.98. The first kappa shape index (κ1) is 19.5. The van der Waals surface area contributed by atoms with Crippen LogP contribution >= 0.6 is 0 Å². The second-order valence-electron chi connectivity index (χ2n) is 6.48. The zero-order valence-electron chi connectivity index (χ0n) is 14.5. The highest BCUT2D eigenvalue weighted by Crippen LogP contribution is 2.44. The Bertz CT molecular complexity index is 1110. The molecule has 0 N–H and O–H groups in total. The van der Waals surface area contributed by atoms with Crippen LogP contribution in [0.4, 0.5) is 17.6 Å². The number of fused-ring (bicyclic) bond motifs is 5. The third-order valence-electron chi connectivity index (χ3n) is 4.53. The van der Waals surface area contributed by atoms with E-state index in [0.717, 1.165) is 18.4 Å². The van der Waals surface area contributed by atoms with Crippen molar-refractivity contribution in [1.82, 2.24) is 0 Å². The molecule has 0 saturated carbocycles. The van der Waals surface area contributed by atoms with Crippen molar-refractivity contribution in [1.29, 1.82) is 0 Å². The molecule has 0 aromatic heterocycles. The highest BCUT2D eigenvalue weighted by Gasteiger charge is 2.49. The lowest BCUT2D eigenvalue weighted by Gasteiger charge is -2.23. The van der Waals surface area contributed by atoms with Gasteiger partial charge in [-0.3, -0.25) is 4.79 Å². The number of esters is 1. The molecule has 0 bridgehead atoms. The van der Waals surface area contributed by atoms with Gasteiger partial charge in [0.1, 0.15) is 23.6 Å². The molecule has 0 saturated heterocycles. The summed E-state index contributed by atoms with van der Waals surface area (Å²) in [5.41, 5.74) is -5.09. The van der Waals surface area contributed by atoms with Crippen molar-refractivity contribution in [2.24, 2.45) is 0 Å². The molecule has 0 atom stereocenters. The fourth-order valence-electron chi connectivity index (χ4n) is 3.33. The number of alkyl halides is 3. The van der Waals surface area contributed by atoms with E-state index in [-0.39, 0.29) is 28.0 Å². The number of hydrogen-bond donors (Lipinski definition) is 0. The number of carbonyl (C=O) groups excluding carboxylic acids is 1. The van der Waals surface area contributed by atoms with Crippen LogP contribution < -0.4 is 4.74 Å². The van der Waals surface area contributed by atoms with Gasteiger partial charge in [-0.2, -0.15) is 21.6 Å². The standard InChI is InChI=1S/C18H12F4O6S/c19-14-5-9-2-1-3-26-17(9)12-7-11(28-29(24,25)18(20,21)22)4-10-6-15(23)27-8-13(10)16(12)14/h4-5,7-8H,1-3,6H2. The molecule has 2 heterocycles. The SMILES string of the molecule is O=C1CC2=CC(OS(=O)(=O)C(F)(F)F)=Cc3c4c(cc(F)c3C2=CO1)CCCO4. The van der Waals surface area contributed by atoms with Crippen LogP contribution in [0, 0.1) is 5.82 Å². The minimum Gasteiger partial charge on any atom is -0.493 e. The Balaban J connectivity index is 1.96. The van der Waals surface area contributed by atoms with Gasteiger partial charge in [0.2, 0.25) is 0 Å². The smallest absolute Gasteiger partial charge is 0.493 e. The van der Waals surface area contributed by atoms with Gasteiger partial charge in [-0.25, -0.2) is 4.39 Å². The van der Waals surface area contributed by atoms with Gasteiger partial charge in [-0.05, 0) is 42.2 Å². The summed E-state index contributed by atoms with van der Waals surface area (Å²) in [4.78, 5) is 11.6. The van der Waals surface area contributed by atoms with E-state index in [1.54, 1.807) is 0 Å². The molecule has 0 amide bonds. The summed E-state index contributed by atoms with van der Waals surface area (Å²) in [5.74, 6) is -1.96. The maximum atomic E-state index is 14.9. The third-order valence-corrected chi connectivity index (χ3v) is 5.51. The quantitative estimate of drug-likeness (QED) is 0.308. The van der Waals surface area contributed by atoms with E-state index < -0.39 is 39.6 Å². The van der Waals surface area contributed by atoms with Gasteiger partial charge < -0.3 is 13.7 Å². The van der Waals surface area contributed by atoms with Gasteiger partial charge in [-0.1, -0.05) is 0 Å². The average Bonchev–Trinajstić information content (AvgIpc) is 2.76. The number of hydrogen-bond acceptors (Lipinski definition) is 6. The van der Waals surface area contributed by atoms with Crippen molar-refractivity contribution in [3.8, 4) is 5.75 Å². The summed E-state index contributed by atoms with van der Waals surface area (Å²) in [6.07, 6.45) is 3.56. The number of rotatable bonds is 2. The van der Waals surface area contributed by atoms with Crippen molar-refractivity contribution in [3.63, 3.8) is 0 Å². The van der Waals surface area contributed by atoms with Gasteiger partial charge in [0.05, 0.1) is 13.0 Å². The lowest BCUT2D eigenvalue weighted by atomic mass is 9.89. The van der Waals surface area contributed by atoms with Crippen molar-refractivity contribution in [2.45, 2.75) is 24.8 Å². The van der Waals surface area contributed by atoms with Crippen molar-refractivity contribution in [2.75, 3.05) is 6.61 Å². The Hall–Kier alpha value is -2.82. The van der Waals surface area contributed by atoms with Gasteiger partial charge in [-0.15, -0.1) is 0 Å². The topological polar surface area (TPSA) is 78.9 Å². The second kappa shape index (κ2) is 6.61. The molecule has 0 radical (unpaired) electrons. The number of aryl methyl sites for hydroxylation is 1. The van der Waals surface area contributed by atoms with Crippen LogP contribution in [0.5, 0.6) is 5.75 Å². The normalized spacial score (nSPS) is 18.6. The van der Waals surface area contributed by atoms with E-state index in [1.807, 2.05) is 0 Å². The fraction of sp³-hybridized carbons (Fsp3) is 0.278. The molecular weight excluding hydrogens is 420 g/mol. The maximum Gasteiger partial charge on any atom is 0.534 e. The molecule has 0 spiro atoms. The molecule has 1 aromatic rings. The number of halogens is 4. The Morgan fingerprint density at radius 2 is 1.93 bits per heavy atom. The number of benzene rings is 1. The largest absolute Gasteiger partial charge is 0.534 e. The van der Waals surface area contributed by atoms with Gasteiger partial charge in [0, 0.05) is 16.7 Å². The number of allylic oxidation sites excluding steroid dienone is 2. The molecule has 1 aliphatic carbocycles. The monoisotopic (exact) mass is 432 g/mol. The first-order valence-electron chi connectivity index (χ1n) is 8.38. The number of cyclic esters (lactones) is 1. The summed E-state index contributed by atoms with van der Waals surface area (Å²) in [6.45, 7) is 0.296. The third kappa shape index (κ3) is 3.39. The summed E-state index contributed by atoms with van der Waals surface area (Å²) >= 11 is 0. The summed E-state index contributed by atoms with van der Waals surface area (Å²) < 4.78 is 91.0. The van der Waals surface area contributed by atoms with Gasteiger partial charge >= 0.3 is 21.6 Å². The van der Waals surface area contributed by atoms with E-state index in [1.165, 1.54) is 6.07 Å². The van der Waals surface area contributed by atoms with E-state index in [9.17, 15) is 30.8 Å². The highest BCUT2D eigenvalue weighted by molar-refractivity contribution is 7.87. The van der Waals surface area contributed by atoms with E-state index >= 15 is 0 Å². The van der Waals surface area contributed by atoms with Gasteiger partial charge in [0.15, 0.2) is 0 Å². The highest BCUT2D eigenvalue weighted by atomic mass is 32.2. The molecule has 6 nitrogen and oxygen atoms in total. The predicted molar refractivity (Wildman–Crippen MR) is 91.0 cm³/mol. The first-order chi connectivity index (χ1) is 13.6. The minimum absolute atomic E-state index is 0.0162. The van der Waals surface area contributed by atoms with E-state index in [4.69, 9.17) is 9.47 Å². The van der Waals surface area contributed by atoms with Crippen molar-refractivity contribution >= 4 is 27.7 Å². The van der Waals surface area contributed by atoms with Crippen LogP contribution in [0.1, 0.15) is 29.5 Å². The molecule has 0 unspecified atom stereocenters. The number of carbonyl (C=O) groups is 1. The Kier molecular flexibility index (Phi) is 4.45. The molecule has 0 fully saturated rings. The molecular formula is C18H12F4O6S.